The van der Waals surface area contributed by atoms with Gasteiger partial charge in [-0.15, -0.1) is 0 Å². The summed E-state index contributed by atoms with van der Waals surface area (Å²) >= 11 is 6.03. The Morgan fingerprint density at radius 3 is 2.81 bits per heavy atom. The van der Waals surface area contributed by atoms with Gasteiger partial charge in [0.25, 0.3) is 5.91 Å². The Labute approximate surface area is 157 Å². The number of anilines is 2. The molecule has 134 valence electrons. The Bertz CT molecular complexity index is 860. The van der Waals surface area contributed by atoms with E-state index in [1.807, 2.05) is 36.4 Å². The van der Waals surface area contributed by atoms with Crippen LogP contribution in [0.5, 0.6) is 5.75 Å². The average molecular weight is 371 g/mol. The summed E-state index contributed by atoms with van der Waals surface area (Å²) < 4.78 is 11.0. The van der Waals surface area contributed by atoms with Crippen molar-refractivity contribution in [3.05, 3.63) is 58.6 Å². The van der Waals surface area contributed by atoms with Crippen molar-refractivity contribution in [3.8, 4) is 5.75 Å². The van der Waals surface area contributed by atoms with Crippen LogP contribution in [-0.2, 0) is 9.53 Å². The van der Waals surface area contributed by atoms with Crippen molar-refractivity contribution in [2.24, 2.45) is 0 Å². The molecule has 1 amide bonds. The molecule has 0 aliphatic carbocycles. The molecule has 1 N–H and O–H groups in total. The lowest BCUT2D eigenvalue weighted by atomic mass is 10.1. The zero-order chi connectivity index (χ0) is 17.9. The number of rotatable bonds is 3. The zero-order valence-electron chi connectivity index (χ0n) is 14.2. The van der Waals surface area contributed by atoms with E-state index in [1.165, 1.54) is 0 Å². The van der Waals surface area contributed by atoms with Gasteiger partial charge >= 0.3 is 0 Å². The first-order valence-corrected chi connectivity index (χ1v) is 8.94. The second kappa shape index (κ2) is 7.40. The van der Waals surface area contributed by atoms with Gasteiger partial charge in [-0.05, 0) is 42.5 Å². The molecule has 2 aliphatic rings. The summed E-state index contributed by atoms with van der Waals surface area (Å²) in [5.41, 5.74) is 3.22. The lowest BCUT2D eigenvalue weighted by Gasteiger charge is -2.29. The second-order valence-corrected chi connectivity index (χ2v) is 6.68. The van der Waals surface area contributed by atoms with E-state index in [0.717, 1.165) is 49.0 Å². The smallest absolute Gasteiger partial charge is 0.255 e. The highest BCUT2D eigenvalue weighted by Gasteiger charge is 2.18. The number of fused-ring (bicyclic) bond motifs is 1. The normalized spacial score (nSPS) is 16.3. The van der Waals surface area contributed by atoms with Gasteiger partial charge in [0.15, 0.2) is 0 Å². The molecule has 4 rings (SSSR count). The van der Waals surface area contributed by atoms with Gasteiger partial charge in [-0.1, -0.05) is 17.7 Å². The summed E-state index contributed by atoms with van der Waals surface area (Å²) in [6.07, 6.45) is 1.83. The van der Waals surface area contributed by atoms with Crippen LogP contribution in [0.25, 0.3) is 6.08 Å². The number of nitrogens with zero attached hydrogens (tertiary/aromatic N) is 1. The maximum absolute atomic E-state index is 12.6. The highest BCUT2D eigenvalue weighted by atomic mass is 35.5. The van der Waals surface area contributed by atoms with Crippen molar-refractivity contribution in [3.63, 3.8) is 0 Å². The van der Waals surface area contributed by atoms with Gasteiger partial charge in [-0.2, -0.15) is 0 Å². The van der Waals surface area contributed by atoms with Gasteiger partial charge in [-0.25, -0.2) is 0 Å². The third-order valence-corrected chi connectivity index (χ3v) is 4.69. The zero-order valence-corrected chi connectivity index (χ0v) is 15.0. The van der Waals surface area contributed by atoms with Gasteiger partial charge < -0.3 is 19.7 Å². The maximum atomic E-state index is 12.6. The molecular formula is C20H19ClN2O3. The van der Waals surface area contributed by atoms with E-state index in [1.54, 1.807) is 12.1 Å². The number of ether oxygens (including phenoxy) is 2. The van der Waals surface area contributed by atoms with Crippen LogP contribution in [-0.4, -0.2) is 38.8 Å². The molecule has 0 bridgehead atoms. The summed E-state index contributed by atoms with van der Waals surface area (Å²) in [5.74, 6) is 0.565. The Balaban J connectivity index is 1.50. The minimum absolute atomic E-state index is 0.172. The summed E-state index contributed by atoms with van der Waals surface area (Å²) in [5, 5.41) is 3.57. The molecule has 0 atom stereocenters. The Morgan fingerprint density at radius 2 is 1.96 bits per heavy atom. The van der Waals surface area contributed by atoms with Crippen molar-refractivity contribution in [2.45, 2.75) is 0 Å². The average Bonchev–Trinajstić information content (AvgIpc) is 2.68. The molecule has 2 heterocycles. The number of carbonyl (C=O) groups is 1. The van der Waals surface area contributed by atoms with E-state index in [2.05, 4.69) is 10.2 Å². The molecule has 1 saturated heterocycles. The van der Waals surface area contributed by atoms with Crippen molar-refractivity contribution >= 4 is 35.0 Å². The summed E-state index contributed by atoms with van der Waals surface area (Å²) in [6.45, 7) is 3.40. The number of hydrogen-bond acceptors (Lipinski definition) is 4. The largest absolute Gasteiger partial charge is 0.488 e. The molecule has 0 aromatic heterocycles. The van der Waals surface area contributed by atoms with E-state index in [-0.39, 0.29) is 12.5 Å². The molecule has 2 aromatic carbocycles. The predicted molar refractivity (Wildman–Crippen MR) is 103 cm³/mol. The molecule has 6 heteroatoms. The van der Waals surface area contributed by atoms with E-state index in [4.69, 9.17) is 21.1 Å². The third kappa shape index (κ3) is 3.69. The molecule has 26 heavy (non-hydrogen) atoms. The van der Waals surface area contributed by atoms with Gasteiger partial charge in [0.05, 0.1) is 18.8 Å². The summed E-state index contributed by atoms with van der Waals surface area (Å²) in [6, 6.07) is 13.2. The predicted octanol–water partition coefficient (Wildman–Crippen LogP) is 3.59. The highest BCUT2D eigenvalue weighted by molar-refractivity contribution is 6.30. The van der Waals surface area contributed by atoms with Gasteiger partial charge in [0.1, 0.15) is 12.4 Å². The molecule has 5 nitrogen and oxygen atoms in total. The number of hydrogen-bond donors (Lipinski definition) is 1. The van der Waals surface area contributed by atoms with E-state index in [9.17, 15) is 4.79 Å². The Morgan fingerprint density at radius 1 is 1.12 bits per heavy atom. The fourth-order valence-electron chi connectivity index (χ4n) is 3.09. The maximum Gasteiger partial charge on any atom is 0.255 e. The van der Waals surface area contributed by atoms with Crippen molar-refractivity contribution in [1.82, 2.24) is 0 Å². The molecule has 2 aromatic rings. The van der Waals surface area contributed by atoms with Crippen LogP contribution in [0.1, 0.15) is 5.56 Å². The Hall–Kier alpha value is -2.50. The van der Waals surface area contributed by atoms with Crippen molar-refractivity contribution < 1.29 is 14.3 Å². The molecule has 0 radical (unpaired) electrons. The number of carbonyl (C=O) groups excluding carboxylic acids is 1. The number of halogens is 1. The van der Waals surface area contributed by atoms with Gasteiger partial charge in [-0.3, -0.25) is 4.79 Å². The summed E-state index contributed by atoms with van der Waals surface area (Å²) in [7, 11) is 0. The van der Waals surface area contributed by atoms with E-state index < -0.39 is 0 Å². The highest BCUT2D eigenvalue weighted by Crippen LogP contribution is 2.29. The van der Waals surface area contributed by atoms with Crippen LogP contribution in [0, 0.1) is 0 Å². The topological polar surface area (TPSA) is 50.8 Å². The van der Waals surface area contributed by atoms with Crippen molar-refractivity contribution in [2.75, 3.05) is 43.1 Å². The Kier molecular flexibility index (Phi) is 4.82. The lowest BCUT2D eigenvalue weighted by molar-refractivity contribution is -0.113. The first-order chi connectivity index (χ1) is 12.7. The minimum atomic E-state index is -0.172. The number of benzene rings is 2. The van der Waals surface area contributed by atoms with Gasteiger partial charge in [0.2, 0.25) is 0 Å². The second-order valence-electron chi connectivity index (χ2n) is 6.24. The molecule has 1 fully saturated rings. The van der Waals surface area contributed by atoms with E-state index in [0.29, 0.717) is 10.6 Å². The molecule has 2 aliphatic heterocycles. The van der Waals surface area contributed by atoms with Crippen LogP contribution >= 0.6 is 11.6 Å². The van der Waals surface area contributed by atoms with Crippen molar-refractivity contribution in [1.29, 1.82) is 0 Å². The first-order valence-electron chi connectivity index (χ1n) is 8.56. The fourth-order valence-corrected chi connectivity index (χ4v) is 3.27. The van der Waals surface area contributed by atoms with Crippen LogP contribution in [0.15, 0.2) is 48.0 Å². The van der Waals surface area contributed by atoms with Gasteiger partial charge in [0, 0.05) is 35.1 Å². The van der Waals surface area contributed by atoms with Crippen LogP contribution in [0.2, 0.25) is 5.02 Å². The monoisotopic (exact) mass is 370 g/mol. The van der Waals surface area contributed by atoms with Crippen LogP contribution in [0.3, 0.4) is 0 Å². The quantitative estimate of drug-likeness (QED) is 0.897. The van der Waals surface area contributed by atoms with Crippen LogP contribution < -0.4 is 15.0 Å². The number of morpholine rings is 1. The number of nitrogens with one attached hydrogen (secondary N) is 1. The third-order valence-electron chi connectivity index (χ3n) is 4.46. The molecular weight excluding hydrogens is 352 g/mol. The molecule has 0 unspecified atom stereocenters. The minimum Gasteiger partial charge on any atom is -0.488 e. The first kappa shape index (κ1) is 16.9. The van der Waals surface area contributed by atoms with Crippen LogP contribution in [0.4, 0.5) is 11.4 Å². The SMILES string of the molecule is O=C(Nc1cccc(N2CCOCC2)c1)C1=Cc2cc(Cl)ccc2OC1. The molecule has 0 saturated carbocycles. The molecule has 0 spiro atoms. The standard InChI is InChI=1S/C20H19ClN2O3/c21-16-4-5-19-14(11-16)10-15(13-26-19)20(24)22-17-2-1-3-18(12-17)23-6-8-25-9-7-23/h1-5,10-12H,6-9,13H2,(H,22,24). The summed E-state index contributed by atoms with van der Waals surface area (Å²) in [4.78, 5) is 14.9. The van der Waals surface area contributed by atoms with E-state index >= 15 is 0 Å². The fraction of sp³-hybridized carbons (Fsp3) is 0.250. The lowest BCUT2D eigenvalue weighted by Crippen LogP contribution is -2.36. The number of amides is 1.